The molecule has 1 aromatic rings. The minimum atomic E-state index is -0.866. The van der Waals surface area contributed by atoms with Gasteiger partial charge in [0, 0.05) is 5.69 Å². The molecule has 1 aromatic heterocycles. The maximum absolute atomic E-state index is 12.1. The number of esters is 1. The van der Waals surface area contributed by atoms with Crippen molar-refractivity contribution in [2.24, 2.45) is 0 Å². The molecule has 1 N–H and O–H groups in total. The summed E-state index contributed by atoms with van der Waals surface area (Å²) >= 11 is 0. The number of aryl methyl sites for hydroxylation is 2. The highest BCUT2D eigenvalue weighted by Gasteiger charge is 2.34. The van der Waals surface area contributed by atoms with Gasteiger partial charge in [0.1, 0.15) is 17.4 Å². The Bertz CT molecular complexity index is 592. The van der Waals surface area contributed by atoms with E-state index in [1.807, 2.05) is 13.0 Å². The zero-order valence-electron chi connectivity index (χ0n) is 12.8. The number of carbonyl (C=O) groups is 1. The third kappa shape index (κ3) is 2.99. The van der Waals surface area contributed by atoms with Crippen LogP contribution in [0.15, 0.2) is 6.07 Å². The van der Waals surface area contributed by atoms with Crippen molar-refractivity contribution in [2.75, 3.05) is 12.4 Å². The Hall–Kier alpha value is -2.09. The van der Waals surface area contributed by atoms with Gasteiger partial charge in [0.25, 0.3) is 0 Å². The van der Waals surface area contributed by atoms with Gasteiger partial charge in [-0.1, -0.05) is 13.3 Å². The van der Waals surface area contributed by atoms with E-state index in [1.165, 1.54) is 7.11 Å². The second-order valence-electron chi connectivity index (χ2n) is 5.65. The maximum atomic E-state index is 12.1. The SMILES string of the molecule is CCCC(C)(Nc1nc2c(cc1C#N)CCC2)C(=O)OC. The van der Waals surface area contributed by atoms with Crippen LogP contribution in [0.2, 0.25) is 0 Å². The molecule has 1 atom stereocenters. The van der Waals surface area contributed by atoms with Crippen molar-refractivity contribution >= 4 is 11.8 Å². The first-order valence-electron chi connectivity index (χ1n) is 7.33. The van der Waals surface area contributed by atoms with Crippen molar-refractivity contribution in [3.8, 4) is 6.07 Å². The van der Waals surface area contributed by atoms with Crippen molar-refractivity contribution in [2.45, 2.75) is 51.5 Å². The van der Waals surface area contributed by atoms with Crippen molar-refractivity contribution in [1.29, 1.82) is 5.26 Å². The van der Waals surface area contributed by atoms with Crippen LogP contribution >= 0.6 is 0 Å². The predicted molar refractivity (Wildman–Crippen MR) is 79.9 cm³/mol. The molecule has 1 aliphatic rings. The first kappa shape index (κ1) is 15.3. The summed E-state index contributed by atoms with van der Waals surface area (Å²) in [4.78, 5) is 16.6. The molecule has 0 spiro atoms. The van der Waals surface area contributed by atoms with Gasteiger partial charge in [-0.15, -0.1) is 0 Å². The summed E-state index contributed by atoms with van der Waals surface area (Å²) in [6, 6.07) is 4.06. The van der Waals surface area contributed by atoms with Crippen LogP contribution in [-0.4, -0.2) is 23.6 Å². The average Bonchev–Trinajstić information content (AvgIpc) is 2.92. The number of methoxy groups -OCH3 is 1. The van der Waals surface area contributed by atoms with Crippen molar-refractivity contribution in [3.05, 3.63) is 22.9 Å². The number of fused-ring (bicyclic) bond motifs is 1. The average molecular weight is 287 g/mol. The van der Waals surface area contributed by atoms with E-state index in [-0.39, 0.29) is 5.97 Å². The standard InChI is InChI=1S/C16H21N3O2/c1-4-8-16(2,15(20)21-3)19-14-12(10-17)9-11-6-5-7-13(11)18-14/h9H,4-8H2,1-3H3,(H,18,19). The Balaban J connectivity index is 2.37. The van der Waals surface area contributed by atoms with Gasteiger partial charge in [-0.25, -0.2) is 9.78 Å². The number of hydrogen-bond acceptors (Lipinski definition) is 5. The second-order valence-corrected chi connectivity index (χ2v) is 5.65. The molecular formula is C16H21N3O2. The van der Waals surface area contributed by atoms with E-state index in [4.69, 9.17) is 4.74 Å². The Kier molecular flexibility index (Phi) is 4.46. The molecule has 0 aromatic carbocycles. The normalized spacial score (nSPS) is 15.7. The van der Waals surface area contributed by atoms with Crippen molar-refractivity contribution < 1.29 is 9.53 Å². The first-order valence-corrected chi connectivity index (χ1v) is 7.33. The molecule has 112 valence electrons. The minimum absolute atomic E-state index is 0.337. The van der Waals surface area contributed by atoms with E-state index >= 15 is 0 Å². The molecule has 0 amide bonds. The molecular weight excluding hydrogens is 266 g/mol. The van der Waals surface area contributed by atoms with E-state index in [2.05, 4.69) is 16.4 Å². The van der Waals surface area contributed by atoms with Gasteiger partial charge < -0.3 is 10.1 Å². The molecule has 0 fully saturated rings. The smallest absolute Gasteiger partial charge is 0.331 e. The summed E-state index contributed by atoms with van der Waals surface area (Å²) in [7, 11) is 1.37. The van der Waals surface area contributed by atoms with E-state index in [0.29, 0.717) is 17.8 Å². The number of nitrogens with zero attached hydrogens (tertiary/aromatic N) is 2. The van der Waals surface area contributed by atoms with E-state index < -0.39 is 5.54 Å². The zero-order chi connectivity index (χ0) is 15.5. The summed E-state index contributed by atoms with van der Waals surface area (Å²) in [6.45, 7) is 3.79. The summed E-state index contributed by atoms with van der Waals surface area (Å²) < 4.78 is 4.89. The fraction of sp³-hybridized carbons (Fsp3) is 0.562. The van der Waals surface area contributed by atoms with Crippen LogP contribution in [0.4, 0.5) is 5.82 Å². The third-order valence-electron chi connectivity index (χ3n) is 3.95. The fourth-order valence-corrected chi connectivity index (χ4v) is 2.85. The summed E-state index contributed by atoms with van der Waals surface area (Å²) in [5.41, 5.74) is 1.80. The summed E-state index contributed by atoms with van der Waals surface area (Å²) in [5, 5.41) is 12.5. The molecule has 0 bridgehead atoms. The monoisotopic (exact) mass is 287 g/mol. The van der Waals surface area contributed by atoms with Crippen LogP contribution in [0.1, 0.15) is 49.9 Å². The van der Waals surface area contributed by atoms with Gasteiger partial charge >= 0.3 is 5.97 Å². The molecule has 0 aliphatic heterocycles. The van der Waals surface area contributed by atoms with Gasteiger partial charge in [-0.05, 0) is 44.2 Å². The number of nitriles is 1. The zero-order valence-corrected chi connectivity index (χ0v) is 12.8. The van der Waals surface area contributed by atoms with E-state index in [1.54, 1.807) is 6.92 Å². The second kappa shape index (κ2) is 6.13. The van der Waals surface area contributed by atoms with Crippen LogP contribution in [-0.2, 0) is 22.4 Å². The van der Waals surface area contributed by atoms with Crippen LogP contribution < -0.4 is 5.32 Å². The highest BCUT2D eigenvalue weighted by Crippen LogP contribution is 2.28. The highest BCUT2D eigenvalue weighted by atomic mass is 16.5. The first-order chi connectivity index (χ1) is 10.0. The number of ether oxygens (including phenoxy) is 1. The topological polar surface area (TPSA) is 75.0 Å². The van der Waals surface area contributed by atoms with Gasteiger partial charge in [-0.2, -0.15) is 5.26 Å². The molecule has 21 heavy (non-hydrogen) atoms. The Morgan fingerprint density at radius 1 is 1.57 bits per heavy atom. The Morgan fingerprint density at radius 2 is 2.33 bits per heavy atom. The van der Waals surface area contributed by atoms with Crippen molar-refractivity contribution in [3.63, 3.8) is 0 Å². The molecule has 5 nitrogen and oxygen atoms in total. The number of pyridine rings is 1. The number of carbonyl (C=O) groups excluding carboxylic acids is 1. The van der Waals surface area contributed by atoms with Crippen LogP contribution in [0.25, 0.3) is 0 Å². The van der Waals surface area contributed by atoms with Crippen LogP contribution in [0, 0.1) is 11.3 Å². The molecule has 2 rings (SSSR count). The molecule has 0 radical (unpaired) electrons. The molecule has 1 unspecified atom stereocenters. The van der Waals surface area contributed by atoms with E-state index in [9.17, 15) is 10.1 Å². The van der Waals surface area contributed by atoms with Gasteiger partial charge in [0.05, 0.1) is 12.7 Å². The number of nitrogens with one attached hydrogen (secondary N) is 1. The number of rotatable bonds is 5. The lowest BCUT2D eigenvalue weighted by molar-refractivity contribution is -0.145. The molecule has 1 heterocycles. The van der Waals surface area contributed by atoms with Gasteiger partial charge in [0.15, 0.2) is 0 Å². The van der Waals surface area contributed by atoms with Crippen LogP contribution in [0.5, 0.6) is 0 Å². The molecule has 1 aliphatic carbocycles. The highest BCUT2D eigenvalue weighted by molar-refractivity contribution is 5.84. The van der Waals surface area contributed by atoms with Gasteiger partial charge in [0.2, 0.25) is 0 Å². The van der Waals surface area contributed by atoms with Gasteiger partial charge in [-0.3, -0.25) is 0 Å². The largest absolute Gasteiger partial charge is 0.467 e. The predicted octanol–water partition coefficient (Wildman–Crippen LogP) is 2.59. The minimum Gasteiger partial charge on any atom is -0.467 e. The lowest BCUT2D eigenvalue weighted by atomic mass is 9.95. The fourth-order valence-electron chi connectivity index (χ4n) is 2.85. The number of anilines is 1. The van der Waals surface area contributed by atoms with Crippen molar-refractivity contribution in [1.82, 2.24) is 4.98 Å². The molecule has 0 saturated heterocycles. The van der Waals surface area contributed by atoms with E-state index in [0.717, 1.165) is 36.9 Å². The number of aromatic nitrogens is 1. The summed E-state index contributed by atoms with van der Waals surface area (Å²) in [5.74, 6) is 0.148. The van der Waals surface area contributed by atoms with Crippen LogP contribution in [0.3, 0.4) is 0 Å². The number of hydrogen-bond donors (Lipinski definition) is 1. The lowest BCUT2D eigenvalue weighted by Gasteiger charge is -2.28. The molecule has 5 heteroatoms. The maximum Gasteiger partial charge on any atom is 0.331 e. The third-order valence-corrected chi connectivity index (χ3v) is 3.95. The molecule has 0 saturated carbocycles. The lowest BCUT2D eigenvalue weighted by Crippen LogP contribution is -2.44. The summed E-state index contributed by atoms with van der Waals surface area (Å²) in [6.07, 6.45) is 4.41. The Labute approximate surface area is 125 Å². The Morgan fingerprint density at radius 3 is 2.95 bits per heavy atom. The quantitative estimate of drug-likeness (QED) is 0.842.